The van der Waals surface area contributed by atoms with E-state index in [1.807, 2.05) is 18.2 Å². The quantitative estimate of drug-likeness (QED) is 0.539. The van der Waals surface area contributed by atoms with Gasteiger partial charge < -0.3 is 16.0 Å². The van der Waals surface area contributed by atoms with Crippen LogP contribution in [-0.2, 0) is 0 Å². The molecule has 2 aromatic rings. The molecule has 20 heavy (non-hydrogen) atoms. The van der Waals surface area contributed by atoms with Crippen molar-refractivity contribution in [1.29, 1.82) is 0 Å². The van der Waals surface area contributed by atoms with E-state index in [1.54, 1.807) is 0 Å². The predicted octanol–water partition coefficient (Wildman–Crippen LogP) is 2.37. The van der Waals surface area contributed by atoms with Gasteiger partial charge in [-0.05, 0) is 36.8 Å². The van der Waals surface area contributed by atoms with E-state index in [0.29, 0.717) is 0 Å². The molecule has 0 bridgehead atoms. The van der Waals surface area contributed by atoms with Crippen LogP contribution in [0.2, 0.25) is 0 Å². The lowest BCUT2D eigenvalue weighted by Crippen LogP contribution is -2.38. The Labute approximate surface area is 128 Å². The summed E-state index contributed by atoms with van der Waals surface area (Å²) in [6.45, 7) is 4.68. The molecule has 1 heterocycles. The standard InChI is InChI=1S/C13H19N5S2/c1-2-3-6-15-13(19)16-8-7-14-10-4-5-11-12(9-10)18-20-17-11/h4-5,9,14H,2-3,6-8H2,1H3,(H2,15,16,19). The summed E-state index contributed by atoms with van der Waals surface area (Å²) in [5.74, 6) is 0. The number of benzene rings is 1. The fourth-order valence-corrected chi connectivity index (χ4v) is 2.44. The molecule has 0 atom stereocenters. The molecule has 1 aromatic heterocycles. The van der Waals surface area contributed by atoms with Crippen molar-refractivity contribution in [2.75, 3.05) is 25.0 Å². The van der Waals surface area contributed by atoms with Gasteiger partial charge in [0.1, 0.15) is 11.0 Å². The Morgan fingerprint density at radius 1 is 1.15 bits per heavy atom. The second kappa shape index (κ2) is 7.96. The molecule has 5 nitrogen and oxygen atoms in total. The topological polar surface area (TPSA) is 61.9 Å². The van der Waals surface area contributed by atoms with Gasteiger partial charge in [0, 0.05) is 25.3 Å². The van der Waals surface area contributed by atoms with Gasteiger partial charge in [0.25, 0.3) is 0 Å². The Morgan fingerprint density at radius 3 is 2.80 bits per heavy atom. The van der Waals surface area contributed by atoms with Gasteiger partial charge in [-0.1, -0.05) is 13.3 Å². The van der Waals surface area contributed by atoms with Gasteiger partial charge in [-0.15, -0.1) is 0 Å². The molecule has 108 valence electrons. The molecule has 1 aromatic carbocycles. The molecule has 0 saturated carbocycles. The first-order valence-electron chi connectivity index (χ1n) is 6.77. The van der Waals surface area contributed by atoms with Gasteiger partial charge in [-0.3, -0.25) is 0 Å². The Bertz CT molecular complexity index is 554. The molecular formula is C13H19N5S2. The highest BCUT2D eigenvalue weighted by Gasteiger charge is 1.99. The number of hydrogen-bond donors (Lipinski definition) is 3. The van der Waals surface area contributed by atoms with Crippen LogP contribution in [0.3, 0.4) is 0 Å². The van der Waals surface area contributed by atoms with Crippen molar-refractivity contribution in [3.05, 3.63) is 18.2 Å². The van der Waals surface area contributed by atoms with Crippen LogP contribution in [0.4, 0.5) is 5.69 Å². The van der Waals surface area contributed by atoms with E-state index in [1.165, 1.54) is 18.1 Å². The number of rotatable bonds is 7. The molecule has 0 spiro atoms. The van der Waals surface area contributed by atoms with Crippen molar-refractivity contribution in [2.45, 2.75) is 19.8 Å². The molecule has 0 aliphatic heterocycles. The number of nitrogens with zero attached hydrogens (tertiary/aromatic N) is 2. The third kappa shape index (κ3) is 4.57. The highest BCUT2D eigenvalue weighted by molar-refractivity contribution is 7.80. The van der Waals surface area contributed by atoms with Crippen LogP contribution in [0.5, 0.6) is 0 Å². The first-order chi connectivity index (χ1) is 9.79. The molecule has 0 radical (unpaired) electrons. The van der Waals surface area contributed by atoms with E-state index < -0.39 is 0 Å². The van der Waals surface area contributed by atoms with Crippen LogP contribution >= 0.6 is 23.9 Å². The summed E-state index contributed by atoms with van der Waals surface area (Å²) in [5, 5.41) is 10.4. The number of thiocarbonyl (C=S) groups is 1. The fraction of sp³-hybridized carbons (Fsp3) is 0.462. The molecule has 0 aliphatic rings. The smallest absolute Gasteiger partial charge is 0.166 e. The molecule has 7 heteroatoms. The molecule has 0 saturated heterocycles. The SMILES string of the molecule is CCCCNC(=S)NCCNc1ccc2nsnc2c1. The first-order valence-corrected chi connectivity index (χ1v) is 7.91. The zero-order chi connectivity index (χ0) is 14.2. The maximum Gasteiger partial charge on any atom is 0.166 e. The summed E-state index contributed by atoms with van der Waals surface area (Å²) >= 11 is 6.42. The highest BCUT2D eigenvalue weighted by atomic mass is 32.1. The lowest BCUT2D eigenvalue weighted by atomic mass is 10.3. The normalized spacial score (nSPS) is 10.4. The second-order valence-electron chi connectivity index (χ2n) is 4.43. The summed E-state index contributed by atoms with van der Waals surface area (Å²) in [4.78, 5) is 0. The van der Waals surface area contributed by atoms with E-state index in [9.17, 15) is 0 Å². The Balaban J connectivity index is 1.66. The van der Waals surface area contributed by atoms with Crippen molar-refractivity contribution in [1.82, 2.24) is 19.4 Å². The van der Waals surface area contributed by atoms with Crippen molar-refractivity contribution in [3.63, 3.8) is 0 Å². The maximum absolute atomic E-state index is 5.18. The molecular weight excluding hydrogens is 290 g/mol. The number of hydrogen-bond acceptors (Lipinski definition) is 5. The zero-order valence-electron chi connectivity index (χ0n) is 11.5. The second-order valence-corrected chi connectivity index (χ2v) is 5.37. The van der Waals surface area contributed by atoms with E-state index in [4.69, 9.17) is 12.2 Å². The van der Waals surface area contributed by atoms with Crippen molar-refractivity contribution in [3.8, 4) is 0 Å². The molecule has 0 amide bonds. The van der Waals surface area contributed by atoms with E-state index in [0.717, 1.165) is 47.9 Å². The predicted molar refractivity (Wildman–Crippen MR) is 89.4 cm³/mol. The van der Waals surface area contributed by atoms with Crippen LogP contribution in [0.25, 0.3) is 11.0 Å². The number of fused-ring (bicyclic) bond motifs is 1. The third-order valence-corrected chi connectivity index (χ3v) is 3.65. The zero-order valence-corrected chi connectivity index (χ0v) is 13.1. The number of aromatic nitrogens is 2. The average molecular weight is 309 g/mol. The molecule has 3 N–H and O–H groups in total. The minimum absolute atomic E-state index is 0.722. The monoisotopic (exact) mass is 309 g/mol. The van der Waals surface area contributed by atoms with Gasteiger partial charge in [0.05, 0.1) is 11.7 Å². The summed E-state index contributed by atoms with van der Waals surface area (Å²) in [5.41, 5.74) is 2.93. The van der Waals surface area contributed by atoms with E-state index >= 15 is 0 Å². The van der Waals surface area contributed by atoms with Crippen LogP contribution in [0, 0.1) is 0 Å². The molecule has 0 fully saturated rings. The summed E-state index contributed by atoms with van der Waals surface area (Å²) in [6.07, 6.45) is 2.31. The number of anilines is 1. The van der Waals surface area contributed by atoms with Crippen LogP contribution in [-0.4, -0.2) is 33.5 Å². The molecule has 2 rings (SSSR count). The van der Waals surface area contributed by atoms with Gasteiger partial charge in [-0.2, -0.15) is 8.75 Å². The Morgan fingerprint density at radius 2 is 1.95 bits per heavy atom. The minimum Gasteiger partial charge on any atom is -0.383 e. The minimum atomic E-state index is 0.722. The summed E-state index contributed by atoms with van der Waals surface area (Å²) < 4.78 is 8.40. The average Bonchev–Trinajstić information content (AvgIpc) is 2.91. The number of nitrogens with one attached hydrogen (secondary N) is 3. The summed E-state index contributed by atoms with van der Waals surface area (Å²) in [7, 11) is 0. The van der Waals surface area contributed by atoms with Gasteiger partial charge >= 0.3 is 0 Å². The van der Waals surface area contributed by atoms with Crippen molar-refractivity contribution >= 4 is 45.8 Å². The van der Waals surface area contributed by atoms with Crippen LogP contribution in [0.15, 0.2) is 18.2 Å². The Kier molecular flexibility index (Phi) is 5.94. The summed E-state index contributed by atoms with van der Waals surface area (Å²) in [6, 6.07) is 6.00. The third-order valence-electron chi connectivity index (χ3n) is 2.81. The molecule has 0 unspecified atom stereocenters. The van der Waals surface area contributed by atoms with Crippen LogP contribution < -0.4 is 16.0 Å². The van der Waals surface area contributed by atoms with E-state index in [2.05, 4.69) is 31.6 Å². The Hall–Kier alpha value is -1.47. The van der Waals surface area contributed by atoms with Gasteiger partial charge in [0.2, 0.25) is 0 Å². The van der Waals surface area contributed by atoms with Crippen molar-refractivity contribution < 1.29 is 0 Å². The highest BCUT2D eigenvalue weighted by Crippen LogP contribution is 2.16. The number of unbranched alkanes of at least 4 members (excludes halogenated alkanes) is 1. The van der Waals surface area contributed by atoms with Gasteiger partial charge in [0.15, 0.2) is 5.11 Å². The lowest BCUT2D eigenvalue weighted by molar-refractivity contribution is 0.740. The fourth-order valence-electron chi connectivity index (χ4n) is 1.72. The maximum atomic E-state index is 5.18. The lowest BCUT2D eigenvalue weighted by Gasteiger charge is -2.11. The first kappa shape index (κ1) is 14.9. The van der Waals surface area contributed by atoms with Crippen LogP contribution in [0.1, 0.15) is 19.8 Å². The van der Waals surface area contributed by atoms with Crippen molar-refractivity contribution in [2.24, 2.45) is 0 Å². The van der Waals surface area contributed by atoms with E-state index in [-0.39, 0.29) is 0 Å². The van der Waals surface area contributed by atoms with Gasteiger partial charge in [-0.25, -0.2) is 0 Å². The largest absolute Gasteiger partial charge is 0.383 e. The molecule has 0 aliphatic carbocycles.